The average molecular weight is 392 g/mol. The van der Waals surface area contributed by atoms with E-state index in [2.05, 4.69) is 0 Å². The number of Topliss-reactive ketones (excluding diaryl/α,β-unsaturated/α-hetero) is 1. The highest BCUT2D eigenvalue weighted by Gasteiger charge is 2.45. The van der Waals surface area contributed by atoms with Crippen molar-refractivity contribution in [2.75, 3.05) is 25.5 Å². The number of hydrogen-bond donors (Lipinski definition) is 1. The Balaban J connectivity index is 2.17. The molecule has 1 heterocycles. The van der Waals surface area contributed by atoms with E-state index >= 15 is 0 Å². The van der Waals surface area contributed by atoms with E-state index in [1.165, 1.54) is 0 Å². The minimum absolute atomic E-state index is 0.119. The molecule has 0 aromatic heterocycles. The number of aliphatic hydroxyl groups excluding tert-OH is 1. The van der Waals surface area contributed by atoms with Crippen molar-refractivity contribution in [3.63, 3.8) is 0 Å². The molecule has 1 fully saturated rings. The minimum atomic E-state index is -0.629. The summed E-state index contributed by atoms with van der Waals surface area (Å²) in [6, 6.07) is 12.7. The number of hydrogen-bond acceptors (Lipinski definition) is 4. The van der Waals surface area contributed by atoms with Crippen molar-refractivity contribution in [1.82, 2.24) is 4.90 Å². The lowest BCUT2D eigenvalue weighted by Gasteiger charge is -2.25. The van der Waals surface area contributed by atoms with Crippen molar-refractivity contribution in [2.24, 2.45) is 0 Å². The van der Waals surface area contributed by atoms with E-state index in [9.17, 15) is 14.7 Å². The number of benzene rings is 2. The van der Waals surface area contributed by atoms with E-state index in [-0.39, 0.29) is 11.3 Å². The van der Waals surface area contributed by atoms with Gasteiger partial charge in [-0.2, -0.15) is 0 Å². The van der Waals surface area contributed by atoms with Gasteiger partial charge in [-0.25, -0.2) is 0 Å². The van der Waals surface area contributed by atoms with Gasteiger partial charge in [-0.3, -0.25) is 9.59 Å². The fourth-order valence-corrected chi connectivity index (χ4v) is 3.70. The van der Waals surface area contributed by atoms with Crippen LogP contribution in [0.4, 0.5) is 5.69 Å². The molecule has 152 valence electrons. The third-order valence-corrected chi connectivity index (χ3v) is 5.51. The van der Waals surface area contributed by atoms with Gasteiger partial charge >= 0.3 is 0 Å². The monoisotopic (exact) mass is 392 g/mol. The number of anilines is 1. The molecule has 0 saturated carbocycles. The van der Waals surface area contributed by atoms with Crippen LogP contribution >= 0.6 is 0 Å². The Morgan fingerprint density at radius 3 is 2.24 bits per heavy atom. The predicted octanol–water partition coefficient (Wildman–Crippen LogP) is 4.20. The SMILES string of the molecule is CCCN1C(=O)C(=O)/C(=C(\O)c2ccc(C)c(C)c2)C1c1ccc(N(C)C)cc1. The lowest BCUT2D eigenvalue weighted by atomic mass is 9.94. The molecule has 1 aliphatic rings. The molecular weight excluding hydrogens is 364 g/mol. The van der Waals surface area contributed by atoms with Gasteiger partial charge in [0.2, 0.25) is 0 Å². The number of aliphatic hydroxyl groups is 1. The highest BCUT2D eigenvalue weighted by Crippen LogP contribution is 2.40. The van der Waals surface area contributed by atoms with Crippen molar-refractivity contribution in [3.8, 4) is 0 Å². The third-order valence-electron chi connectivity index (χ3n) is 5.51. The standard InChI is InChI=1S/C24H28N2O3/c1-6-13-26-21(17-9-11-19(12-10-17)25(4)5)20(23(28)24(26)29)22(27)18-8-7-15(2)16(3)14-18/h7-12,14,21,27H,6,13H2,1-5H3/b22-20-. The van der Waals surface area contributed by atoms with Gasteiger partial charge in [0.1, 0.15) is 5.76 Å². The van der Waals surface area contributed by atoms with Crippen LogP contribution in [0.1, 0.15) is 41.6 Å². The number of nitrogens with zero attached hydrogens (tertiary/aromatic N) is 2. The van der Waals surface area contributed by atoms with Gasteiger partial charge in [0.25, 0.3) is 11.7 Å². The zero-order chi connectivity index (χ0) is 21.3. The highest BCUT2D eigenvalue weighted by molar-refractivity contribution is 6.46. The molecule has 0 aliphatic carbocycles. The quantitative estimate of drug-likeness (QED) is 0.471. The molecule has 0 spiro atoms. The largest absolute Gasteiger partial charge is 0.507 e. The Kier molecular flexibility index (Phi) is 5.78. The average Bonchev–Trinajstić information content (AvgIpc) is 2.95. The van der Waals surface area contributed by atoms with E-state index in [0.717, 1.165) is 28.8 Å². The third kappa shape index (κ3) is 3.77. The van der Waals surface area contributed by atoms with E-state index in [0.29, 0.717) is 12.1 Å². The summed E-state index contributed by atoms with van der Waals surface area (Å²) in [5, 5.41) is 11.1. The smallest absolute Gasteiger partial charge is 0.295 e. The molecule has 29 heavy (non-hydrogen) atoms. The second-order valence-corrected chi connectivity index (χ2v) is 7.78. The minimum Gasteiger partial charge on any atom is -0.507 e. The maximum Gasteiger partial charge on any atom is 0.295 e. The second-order valence-electron chi connectivity index (χ2n) is 7.78. The van der Waals surface area contributed by atoms with Gasteiger partial charge in [0.05, 0.1) is 11.6 Å². The second kappa shape index (κ2) is 8.11. The summed E-state index contributed by atoms with van der Waals surface area (Å²) in [7, 11) is 3.91. The maximum absolute atomic E-state index is 12.9. The molecular formula is C24H28N2O3. The summed E-state index contributed by atoms with van der Waals surface area (Å²) in [6.45, 7) is 6.37. The number of likely N-dealkylation sites (tertiary alicyclic amines) is 1. The molecule has 1 saturated heterocycles. The summed E-state index contributed by atoms with van der Waals surface area (Å²) in [5.74, 6) is -1.30. The van der Waals surface area contributed by atoms with Gasteiger partial charge in [-0.1, -0.05) is 31.2 Å². The van der Waals surface area contributed by atoms with Crippen LogP contribution in [0.5, 0.6) is 0 Å². The van der Waals surface area contributed by atoms with Crippen LogP contribution in [0, 0.1) is 13.8 Å². The molecule has 1 aliphatic heterocycles. The van der Waals surface area contributed by atoms with Crippen molar-refractivity contribution < 1.29 is 14.7 Å². The zero-order valence-corrected chi connectivity index (χ0v) is 17.7. The first-order chi connectivity index (χ1) is 13.8. The van der Waals surface area contributed by atoms with Crippen LogP contribution in [0.15, 0.2) is 48.0 Å². The number of carbonyl (C=O) groups is 2. The lowest BCUT2D eigenvalue weighted by Crippen LogP contribution is -2.30. The van der Waals surface area contributed by atoms with Crippen LogP contribution in [0.2, 0.25) is 0 Å². The van der Waals surface area contributed by atoms with Crippen LogP contribution in [-0.4, -0.2) is 42.3 Å². The summed E-state index contributed by atoms with van der Waals surface area (Å²) >= 11 is 0. The maximum atomic E-state index is 12.9. The summed E-state index contributed by atoms with van der Waals surface area (Å²) in [5.41, 5.74) is 4.67. The van der Waals surface area contributed by atoms with E-state index in [4.69, 9.17) is 0 Å². The van der Waals surface area contributed by atoms with E-state index in [1.807, 2.05) is 76.2 Å². The molecule has 0 radical (unpaired) electrons. The normalized spacial score (nSPS) is 18.4. The Labute approximate surface area is 172 Å². The Morgan fingerprint density at radius 2 is 1.69 bits per heavy atom. The number of ketones is 1. The number of amides is 1. The van der Waals surface area contributed by atoms with Gasteiger partial charge in [-0.05, 0) is 55.2 Å². The van der Waals surface area contributed by atoms with Gasteiger partial charge in [0, 0.05) is 31.9 Å². The first-order valence-corrected chi connectivity index (χ1v) is 9.89. The topological polar surface area (TPSA) is 60.9 Å². The fourth-order valence-electron chi connectivity index (χ4n) is 3.70. The first-order valence-electron chi connectivity index (χ1n) is 9.89. The number of carbonyl (C=O) groups excluding carboxylic acids is 2. The van der Waals surface area contributed by atoms with Crippen molar-refractivity contribution >= 4 is 23.1 Å². The van der Waals surface area contributed by atoms with Crippen LogP contribution < -0.4 is 4.90 Å². The molecule has 5 heteroatoms. The van der Waals surface area contributed by atoms with Crippen molar-refractivity contribution in [3.05, 3.63) is 70.3 Å². The van der Waals surface area contributed by atoms with Gasteiger partial charge in [0.15, 0.2) is 0 Å². The van der Waals surface area contributed by atoms with Gasteiger partial charge in [-0.15, -0.1) is 0 Å². The molecule has 2 aromatic rings. The number of aryl methyl sites for hydroxylation is 2. The molecule has 0 bridgehead atoms. The summed E-state index contributed by atoms with van der Waals surface area (Å²) < 4.78 is 0. The van der Waals surface area contributed by atoms with E-state index < -0.39 is 17.7 Å². The molecule has 1 amide bonds. The van der Waals surface area contributed by atoms with Crippen molar-refractivity contribution in [2.45, 2.75) is 33.2 Å². The molecule has 5 nitrogen and oxygen atoms in total. The molecule has 2 aromatic carbocycles. The van der Waals surface area contributed by atoms with Crippen LogP contribution in [0.25, 0.3) is 5.76 Å². The highest BCUT2D eigenvalue weighted by atomic mass is 16.3. The first kappa shape index (κ1) is 20.6. The Hall–Kier alpha value is -3.08. The van der Waals surface area contributed by atoms with Crippen LogP contribution in [0.3, 0.4) is 0 Å². The Bertz CT molecular complexity index is 974. The summed E-state index contributed by atoms with van der Waals surface area (Å²) in [6.07, 6.45) is 0.725. The number of rotatable bonds is 5. The molecule has 1 N–H and O–H groups in total. The summed E-state index contributed by atoms with van der Waals surface area (Å²) in [4.78, 5) is 29.2. The zero-order valence-electron chi connectivity index (χ0n) is 17.7. The lowest BCUT2D eigenvalue weighted by molar-refractivity contribution is -0.139. The molecule has 1 atom stereocenters. The van der Waals surface area contributed by atoms with Crippen molar-refractivity contribution in [1.29, 1.82) is 0 Å². The fraction of sp³-hybridized carbons (Fsp3) is 0.333. The Morgan fingerprint density at radius 1 is 1.03 bits per heavy atom. The van der Waals surface area contributed by atoms with Gasteiger partial charge < -0.3 is 14.9 Å². The van der Waals surface area contributed by atoms with E-state index in [1.54, 1.807) is 11.0 Å². The molecule has 3 rings (SSSR count). The predicted molar refractivity (Wildman–Crippen MR) is 116 cm³/mol. The molecule has 1 unspecified atom stereocenters. The van der Waals surface area contributed by atoms with Crippen LogP contribution in [-0.2, 0) is 9.59 Å².